The number of imide groups is 1. The standard InChI is InChI=1S/C16H19N5O3/c22-13-5-4-12(15(23)18-13)21-11-3-1-2-10(14(11)19-16(21)24)20-8-6-17-7-9-20/h1-3,12,17H,4-9H2,(H,19,24)(H,18,22,23). The number of para-hydroxylation sites is 1. The first-order chi connectivity index (χ1) is 11.6. The largest absolute Gasteiger partial charge is 0.367 e. The number of nitrogens with one attached hydrogen (secondary N) is 3. The van der Waals surface area contributed by atoms with E-state index >= 15 is 0 Å². The third-order valence-corrected chi connectivity index (χ3v) is 4.71. The molecule has 8 nitrogen and oxygen atoms in total. The molecule has 0 spiro atoms. The molecule has 0 bridgehead atoms. The van der Waals surface area contributed by atoms with E-state index in [0.717, 1.165) is 37.4 Å². The Kier molecular flexibility index (Phi) is 3.61. The summed E-state index contributed by atoms with van der Waals surface area (Å²) in [6.07, 6.45) is 0.586. The lowest BCUT2D eigenvalue weighted by molar-refractivity contribution is -0.135. The van der Waals surface area contributed by atoms with Gasteiger partial charge in [0.05, 0.1) is 16.7 Å². The van der Waals surface area contributed by atoms with Crippen LogP contribution in [0.2, 0.25) is 0 Å². The summed E-state index contributed by atoms with van der Waals surface area (Å²) in [5, 5.41) is 5.62. The number of rotatable bonds is 2. The minimum atomic E-state index is -0.651. The highest BCUT2D eigenvalue weighted by Gasteiger charge is 2.31. The summed E-state index contributed by atoms with van der Waals surface area (Å²) < 4.78 is 1.48. The van der Waals surface area contributed by atoms with Crippen molar-refractivity contribution in [1.82, 2.24) is 20.2 Å². The summed E-state index contributed by atoms with van der Waals surface area (Å²) in [7, 11) is 0. The molecule has 0 aliphatic carbocycles. The van der Waals surface area contributed by atoms with Crippen molar-refractivity contribution < 1.29 is 9.59 Å². The maximum atomic E-state index is 12.5. The number of hydrogen-bond donors (Lipinski definition) is 3. The summed E-state index contributed by atoms with van der Waals surface area (Å²) in [4.78, 5) is 41.2. The third kappa shape index (κ3) is 2.39. The monoisotopic (exact) mass is 329 g/mol. The zero-order chi connectivity index (χ0) is 16.7. The highest BCUT2D eigenvalue weighted by molar-refractivity contribution is 6.00. The quantitative estimate of drug-likeness (QED) is 0.658. The number of H-pyrrole nitrogens is 1. The third-order valence-electron chi connectivity index (χ3n) is 4.71. The number of carbonyl (C=O) groups excluding carboxylic acids is 2. The first-order valence-electron chi connectivity index (χ1n) is 8.18. The molecule has 2 aliphatic rings. The van der Waals surface area contributed by atoms with Crippen molar-refractivity contribution in [2.75, 3.05) is 31.1 Å². The number of nitrogens with zero attached hydrogens (tertiary/aromatic N) is 2. The molecule has 24 heavy (non-hydrogen) atoms. The van der Waals surface area contributed by atoms with Crippen molar-refractivity contribution in [2.45, 2.75) is 18.9 Å². The maximum absolute atomic E-state index is 12.5. The molecule has 8 heteroatoms. The number of imidazole rings is 1. The topological polar surface area (TPSA) is 99.2 Å². The van der Waals surface area contributed by atoms with Gasteiger partial charge in [0.25, 0.3) is 0 Å². The smallest absolute Gasteiger partial charge is 0.327 e. The molecule has 1 aromatic carbocycles. The number of fused-ring (bicyclic) bond motifs is 1. The maximum Gasteiger partial charge on any atom is 0.327 e. The molecule has 2 saturated heterocycles. The first kappa shape index (κ1) is 14.9. The number of benzene rings is 1. The number of piperidine rings is 1. The van der Waals surface area contributed by atoms with Crippen LogP contribution in [0.4, 0.5) is 5.69 Å². The summed E-state index contributed by atoms with van der Waals surface area (Å²) in [6.45, 7) is 3.53. The molecule has 1 atom stereocenters. The van der Waals surface area contributed by atoms with Gasteiger partial charge in [-0.05, 0) is 18.6 Å². The second-order valence-electron chi connectivity index (χ2n) is 6.18. The van der Waals surface area contributed by atoms with Crippen LogP contribution in [0.5, 0.6) is 0 Å². The van der Waals surface area contributed by atoms with E-state index in [0.29, 0.717) is 11.9 Å². The minimum absolute atomic E-state index is 0.243. The predicted molar refractivity (Wildman–Crippen MR) is 89.1 cm³/mol. The van der Waals surface area contributed by atoms with Gasteiger partial charge in [-0.3, -0.25) is 19.5 Å². The van der Waals surface area contributed by atoms with Gasteiger partial charge in [-0.15, -0.1) is 0 Å². The van der Waals surface area contributed by atoms with Crippen LogP contribution in [-0.4, -0.2) is 47.5 Å². The van der Waals surface area contributed by atoms with E-state index in [1.54, 1.807) is 0 Å². The lowest BCUT2D eigenvalue weighted by Crippen LogP contribution is -2.44. The van der Waals surface area contributed by atoms with E-state index < -0.39 is 11.9 Å². The number of carbonyl (C=O) groups is 2. The molecule has 2 amide bonds. The average Bonchev–Trinajstić information content (AvgIpc) is 2.92. The number of piperazine rings is 1. The number of aromatic amines is 1. The van der Waals surface area contributed by atoms with E-state index in [9.17, 15) is 14.4 Å². The molecule has 2 aliphatic heterocycles. The average molecular weight is 329 g/mol. The van der Waals surface area contributed by atoms with Crippen LogP contribution in [-0.2, 0) is 9.59 Å². The Labute approximate surface area is 137 Å². The van der Waals surface area contributed by atoms with Crippen LogP contribution >= 0.6 is 0 Å². The Balaban J connectivity index is 1.80. The highest BCUT2D eigenvalue weighted by atomic mass is 16.2. The molecule has 2 aromatic rings. The van der Waals surface area contributed by atoms with Crippen molar-refractivity contribution in [3.8, 4) is 0 Å². The number of anilines is 1. The number of aromatic nitrogens is 2. The van der Waals surface area contributed by atoms with Crippen LogP contribution in [0, 0.1) is 0 Å². The second-order valence-corrected chi connectivity index (χ2v) is 6.18. The molecule has 1 unspecified atom stereocenters. The first-order valence-corrected chi connectivity index (χ1v) is 8.18. The van der Waals surface area contributed by atoms with Crippen molar-refractivity contribution in [3.63, 3.8) is 0 Å². The zero-order valence-corrected chi connectivity index (χ0v) is 13.2. The van der Waals surface area contributed by atoms with Crippen molar-refractivity contribution >= 4 is 28.5 Å². The summed E-state index contributed by atoms with van der Waals surface area (Å²) >= 11 is 0. The Hall–Kier alpha value is -2.61. The molecule has 2 fully saturated rings. The Morgan fingerprint density at radius 1 is 1.08 bits per heavy atom. The predicted octanol–water partition coefficient (Wildman–Crippen LogP) is -0.283. The van der Waals surface area contributed by atoms with Crippen molar-refractivity contribution in [2.24, 2.45) is 0 Å². The van der Waals surface area contributed by atoms with Gasteiger partial charge < -0.3 is 15.2 Å². The van der Waals surface area contributed by atoms with E-state index in [4.69, 9.17) is 0 Å². The SMILES string of the molecule is O=C1CCC(n2c(=O)[nH]c3c(N4CCNCC4)cccc32)C(=O)N1. The van der Waals surface area contributed by atoms with E-state index in [2.05, 4.69) is 20.5 Å². The zero-order valence-electron chi connectivity index (χ0n) is 13.2. The van der Waals surface area contributed by atoms with E-state index in [1.807, 2.05) is 18.2 Å². The fraction of sp³-hybridized carbons (Fsp3) is 0.438. The molecule has 126 valence electrons. The van der Waals surface area contributed by atoms with Crippen LogP contribution in [0.1, 0.15) is 18.9 Å². The molecule has 4 rings (SSSR count). The van der Waals surface area contributed by atoms with Crippen molar-refractivity contribution in [1.29, 1.82) is 0 Å². The van der Waals surface area contributed by atoms with Gasteiger partial charge in [-0.2, -0.15) is 0 Å². The van der Waals surface area contributed by atoms with E-state index in [1.165, 1.54) is 4.57 Å². The molecular formula is C16H19N5O3. The lowest BCUT2D eigenvalue weighted by atomic mass is 10.1. The Bertz CT molecular complexity index is 862. The lowest BCUT2D eigenvalue weighted by Gasteiger charge is -2.29. The highest BCUT2D eigenvalue weighted by Crippen LogP contribution is 2.28. The minimum Gasteiger partial charge on any atom is -0.367 e. The fourth-order valence-electron chi connectivity index (χ4n) is 3.54. The Morgan fingerprint density at radius 2 is 1.88 bits per heavy atom. The summed E-state index contributed by atoms with van der Waals surface area (Å²) in [5.41, 5.74) is 2.10. The van der Waals surface area contributed by atoms with Gasteiger partial charge in [-0.25, -0.2) is 4.79 Å². The number of amides is 2. The van der Waals surface area contributed by atoms with Gasteiger partial charge >= 0.3 is 5.69 Å². The Morgan fingerprint density at radius 3 is 2.62 bits per heavy atom. The van der Waals surface area contributed by atoms with Gasteiger partial charge in [0.1, 0.15) is 6.04 Å². The van der Waals surface area contributed by atoms with Crippen LogP contribution in [0.15, 0.2) is 23.0 Å². The van der Waals surface area contributed by atoms with Gasteiger partial charge in [-0.1, -0.05) is 6.07 Å². The number of hydrogen-bond acceptors (Lipinski definition) is 5. The molecule has 1 aromatic heterocycles. The summed E-state index contributed by atoms with van der Waals surface area (Å²) in [5.74, 6) is -0.701. The van der Waals surface area contributed by atoms with Gasteiger partial charge in [0.2, 0.25) is 11.8 Å². The van der Waals surface area contributed by atoms with Crippen LogP contribution < -0.4 is 21.2 Å². The van der Waals surface area contributed by atoms with Crippen LogP contribution in [0.3, 0.4) is 0 Å². The normalized spacial score (nSPS) is 22.0. The molecule has 3 N–H and O–H groups in total. The molecular weight excluding hydrogens is 310 g/mol. The molecule has 0 radical (unpaired) electrons. The fourth-order valence-corrected chi connectivity index (χ4v) is 3.54. The van der Waals surface area contributed by atoms with E-state index in [-0.39, 0.29) is 18.0 Å². The van der Waals surface area contributed by atoms with Crippen molar-refractivity contribution in [3.05, 3.63) is 28.7 Å². The molecule has 0 saturated carbocycles. The second kappa shape index (κ2) is 5.79. The molecule has 3 heterocycles. The summed E-state index contributed by atoms with van der Waals surface area (Å²) in [6, 6.07) is 5.07. The van der Waals surface area contributed by atoms with Gasteiger partial charge in [0, 0.05) is 32.6 Å². The van der Waals surface area contributed by atoms with Crippen LogP contribution in [0.25, 0.3) is 11.0 Å². The van der Waals surface area contributed by atoms with Gasteiger partial charge in [0.15, 0.2) is 0 Å².